The number of benzene rings is 1. The van der Waals surface area contributed by atoms with Gasteiger partial charge in [0.15, 0.2) is 17.6 Å². The Kier molecular flexibility index (Phi) is 10.0. The Labute approximate surface area is 250 Å². The Morgan fingerprint density at radius 1 is 0.814 bits per heavy atom. The topological polar surface area (TPSA) is 158 Å². The van der Waals surface area contributed by atoms with Crippen molar-refractivity contribution in [2.45, 2.75) is 91.8 Å². The summed E-state index contributed by atoms with van der Waals surface area (Å²) in [4.78, 5) is 74.1. The van der Waals surface area contributed by atoms with Gasteiger partial charge in [-0.2, -0.15) is 0 Å². The van der Waals surface area contributed by atoms with Gasteiger partial charge in [-0.3, -0.25) is 28.8 Å². The van der Waals surface area contributed by atoms with Crippen LogP contribution < -0.4 is 14.2 Å². The van der Waals surface area contributed by atoms with Gasteiger partial charge in [0.05, 0.1) is 6.61 Å². The number of ether oxygens (including phenoxy) is 6. The minimum absolute atomic E-state index is 0.0250. The zero-order valence-electron chi connectivity index (χ0n) is 25.5. The molecular formula is C31H38O12. The summed E-state index contributed by atoms with van der Waals surface area (Å²) in [6.45, 7) is 13.6. The molecule has 0 aromatic heterocycles. The van der Waals surface area contributed by atoms with Crippen molar-refractivity contribution < 1.29 is 57.2 Å². The highest BCUT2D eigenvalue weighted by molar-refractivity contribution is 5.81. The van der Waals surface area contributed by atoms with E-state index in [4.69, 9.17) is 28.4 Å². The number of allylic oxidation sites excluding steroid dienone is 1. The van der Waals surface area contributed by atoms with E-state index in [1.807, 2.05) is 13.8 Å². The fraction of sp³-hybridized carbons (Fsp3) is 0.548. The third-order valence-corrected chi connectivity index (χ3v) is 8.02. The van der Waals surface area contributed by atoms with E-state index >= 15 is 0 Å². The first-order valence-electron chi connectivity index (χ1n) is 13.9. The Morgan fingerprint density at radius 3 is 1.88 bits per heavy atom. The van der Waals surface area contributed by atoms with Crippen molar-refractivity contribution in [1.82, 2.24) is 0 Å². The summed E-state index contributed by atoms with van der Waals surface area (Å²) in [5, 5.41) is 0. The lowest BCUT2D eigenvalue weighted by Crippen LogP contribution is -2.59. The highest BCUT2D eigenvalue weighted by atomic mass is 16.6. The second kappa shape index (κ2) is 13.0. The van der Waals surface area contributed by atoms with Crippen molar-refractivity contribution in [2.24, 2.45) is 11.3 Å². The van der Waals surface area contributed by atoms with Crippen LogP contribution in [0.5, 0.6) is 17.2 Å². The van der Waals surface area contributed by atoms with Crippen LogP contribution in [0.3, 0.4) is 0 Å². The Balaban J connectivity index is 2.67. The van der Waals surface area contributed by atoms with Crippen LogP contribution in [-0.4, -0.2) is 49.0 Å². The molecule has 0 heterocycles. The van der Waals surface area contributed by atoms with Crippen molar-refractivity contribution in [3.63, 3.8) is 0 Å². The van der Waals surface area contributed by atoms with E-state index in [2.05, 4.69) is 6.58 Å². The first-order valence-corrected chi connectivity index (χ1v) is 13.9. The SMILES string of the molecule is C=CCc1c(OC(C)=O)c(OC(C)=O)c2c(c1OC(C)=O)C(OC(C)=O)[C@@H](OC(C)=O)[C@H]1[C@@](C)(COC=O)CCC[C@]21C. The van der Waals surface area contributed by atoms with Gasteiger partial charge in [0.2, 0.25) is 0 Å². The Bertz CT molecular complexity index is 1350. The van der Waals surface area contributed by atoms with Crippen LogP contribution in [0.15, 0.2) is 12.7 Å². The maximum absolute atomic E-state index is 12.6. The number of fused-ring (bicyclic) bond motifs is 3. The van der Waals surface area contributed by atoms with E-state index in [0.717, 1.165) is 6.92 Å². The summed E-state index contributed by atoms with van der Waals surface area (Å²) in [5.41, 5.74) is -1.38. The monoisotopic (exact) mass is 602 g/mol. The van der Waals surface area contributed by atoms with Crippen LogP contribution >= 0.6 is 0 Å². The smallest absolute Gasteiger partial charge is 0.308 e. The first-order chi connectivity index (χ1) is 20.1. The number of hydrogen-bond acceptors (Lipinski definition) is 12. The molecule has 1 saturated carbocycles. The molecule has 0 N–H and O–H groups in total. The summed E-state index contributed by atoms with van der Waals surface area (Å²) < 4.78 is 34.3. The van der Waals surface area contributed by atoms with Crippen LogP contribution in [0.4, 0.5) is 0 Å². The summed E-state index contributed by atoms with van der Waals surface area (Å²) in [6.07, 6.45) is 0.466. The van der Waals surface area contributed by atoms with Gasteiger partial charge in [-0.25, -0.2) is 0 Å². The molecule has 0 aliphatic heterocycles. The summed E-state index contributed by atoms with van der Waals surface area (Å²) in [7, 11) is 0. The zero-order chi connectivity index (χ0) is 32.3. The molecule has 1 fully saturated rings. The Morgan fingerprint density at radius 2 is 1.37 bits per heavy atom. The van der Waals surface area contributed by atoms with Crippen LogP contribution in [-0.2, 0) is 54.8 Å². The summed E-state index contributed by atoms with van der Waals surface area (Å²) in [6, 6.07) is 0. The highest BCUT2D eigenvalue weighted by Crippen LogP contribution is 2.66. The number of carbonyl (C=O) groups excluding carboxylic acids is 6. The van der Waals surface area contributed by atoms with Gasteiger partial charge >= 0.3 is 29.8 Å². The fourth-order valence-electron chi connectivity index (χ4n) is 7.00. The molecule has 0 saturated heterocycles. The molecule has 12 heteroatoms. The molecule has 1 unspecified atom stereocenters. The minimum atomic E-state index is -1.37. The lowest BCUT2D eigenvalue weighted by Gasteiger charge is -2.58. The van der Waals surface area contributed by atoms with Gasteiger partial charge in [-0.05, 0) is 19.3 Å². The molecule has 3 rings (SSSR count). The summed E-state index contributed by atoms with van der Waals surface area (Å²) in [5.74, 6) is -4.74. The molecule has 0 radical (unpaired) electrons. The maximum Gasteiger partial charge on any atom is 0.308 e. The van der Waals surface area contributed by atoms with Crippen LogP contribution in [0, 0.1) is 11.3 Å². The molecule has 5 atom stereocenters. The molecule has 1 aromatic carbocycles. The molecular weight excluding hydrogens is 564 g/mol. The minimum Gasteiger partial charge on any atom is -0.467 e. The normalized spacial score (nSPS) is 25.6. The van der Waals surface area contributed by atoms with E-state index in [9.17, 15) is 28.8 Å². The molecule has 2 aliphatic rings. The molecule has 0 amide bonds. The lowest BCUT2D eigenvalue weighted by molar-refractivity contribution is -0.193. The zero-order valence-corrected chi connectivity index (χ0v) is 25.5. The lowest BCUT2D eigenvalue weighted by atomic mass is 9.48. The van der Waals surface area contributed by atoms with Gasteiger partial charge in [-0.1, -0.05) is 26.3 Å². The van der Waals surface area contributed by atoms with Crippen molar-refractivity contribution >= 4 is 36.3 Å². The van der Waals surface area contributed by atoms with Crippen molar-refractivity contribution in [3.05, 3.63) is 29.3 Å². The van der Waals surface area contributed by atoms with Crippen LogP contribution in [0.2, 0.25) is 0 Å². The van der Waals surface area contributed by atoms with Crippen LogP contribution in [0.1, 0.15) is 90.5 Å². The molecule has 43 heavy (non-hydrogen) atoms. The highest BCUT2D eigenvalue weighted by Gasteiger charge is 2.63. The van der Waals surface area contributed by atoms with Gasteiger partial charge in [-0.15, -0.1) is 6.58 Å². The van der Waals surface area contributed by atoms with Crippen molar-refractivity contribution in [1.29, 1.82) is 0 Å². The third-order valence-electron chi connectivity index (χ3n) is 8.02. The fourth-order valence-corrected chi connectivity index (χ4v) is 7.00. The molecule has 1 aromatic rings. The third kappa shape index (κ3) is 6.57. The van der Waals surface area contributed by atoms with E-state index in [1.54, 1.807) is 0 Å². The average Bonchev–Trinajstić information content (AvgIpc) is 2.87. The standard InChI is InChI=1S/C31H38O12/c1-9-11-21-24(39-16(2)33)22-23(27(42-19(5)36)25(21)40-17(3)34)31(8)13-10-12-30(7,14-38-15-32)29(31)28(43-20(6)37)26(22)41-18(4)35/h9,15,26,28-29H,1,10-14H2,2-8H3/t26?,28-,29+,30-,31-/m1/s1. The van der Waals surface area contributed by atoms with Crippen molar-refractivity contribution in [3.8, 4) is 17.2 Å². The van der Waals surface area contributed by atoms with E-state index in [-0.39, 0.29) is 47.0 Å². The maximum atomic E-state index is 12.6. The Hall–Kier alpha value is -4.22. The molecule has 0 bridgehead atoms. The van der Waals surface area contributed by atoms with Gasteiger partial charge < -0.3 is 28.4 Å². The van der Waals surface area contributed by atoms with E-state index < -0.39 is 58.8 Å². The second-order valence-corrected chi connectivity index (χ2v) is 11.4. The number of esters is 5. The quantitative estimate of drug-likeness (QED) is 0.125. The molecule has 234 valence electrons. The van der Waals surface area contributed by atoms with Gasteiger partial charge in [0, 0.05) is 68.1 Å². The molecule has 12 nitrogen and oxygen atoms in total. The largest absolute Gasteiger partial charge is 0.467 e. The van der Waals surface area contributed by atoms with Crippen molar-refractivity contribution in [2.75, 3.05) is 6.61 Å². The van der Waals surface area contributed by atoms with Gasteiger partial charge in [0.1, 0.15) is 11.9 Å². The predicted molar refractivity (Wildman–Crippen MR) is 149 cm³/mol. The van der Waals surface area contributed by atoms with E-state index in [1.165, 1.54) is 33.8 Å². The number of carbonyl (C=O) groups is 6. The molecule has 0 spiro atoms. The van der Waals surface area contributed by atoms with Gasteiger partial charge in [0.25, 0.3) is 6.47 Å². The predicted octanol–water partition coefficient (Wildman–Crippen LogP) is 3.98. The number of hydrogen-bond donors (Lipinski definition) is 0. The average molecular weight is 603 g/mol. The second-order valence-electron chi connectivity index (χ2n) is 11.4. The number of rotatable bonds is 10. The van der Waals surface area contributed by atoms with E-state index in [0.29, 0.717) is 25.7 Å². The summed E-state index contributed by atoms with van der Waals surface area (Å²) >= 11 is 0. The molecule has 2 aliphatic carbocycles. The van der Waals surface area contributed by atoms with Crippen LogP contribution in [0.25, 0.3) is 0 Å². The first kappa shape index (κ1) is 33.3.